The molecule has 0 fully saturated rings. The number of aryl methyl sites for hydroxylation is 2. The van der Waals surface area contributed by atoms with Gasteiger partial charge in [-0.1, -0.05) is 63.6 Å². The first-order chi connectivity index (χ1) is 13.7. The van der Waals surface area contributed by atoms with Crippen LogP contribution < -0.4 is 5.32 Å². The van der Waals surface area contributed by atoms with E-state index in [4.69, 9.17) is 0 Å². The van der Waals surface area contributed by atoms with E-state index in [9.17, 15) is 4.79 Å². The molecule has 0 aromatic heterocycles. The van der Waals surface area contributed by atoms with Gasteiger partial charge in [-0.3, -0.25) is 9.69 Å². The minimum atomic E-state index is -0.0146. The summed E-state index contributed by atoms with van der Waals surface area (Å²) in [5.74, 6) is 1.25. The van der Waals surface area contributed by atoms with E-state index in [1.807, 2.05) is 6.08 Å². The fraction of sp³-hybridized carbons (Fsp3) is 0.423. The molecule has 0 radical (unpaired) electrons. The van der Waals surface area contributed by atoms with E-state index in [0.717, 1.165) is 42.0 Å². The first-order valence-electron chi connectivity index (χ1n) is 10.7. The highest BCUT2D eigenvalue weighted by atomic mass is 16.2. The minimum Gasteiger partial charge on any atom is -0.321 e. The predicted octanol–water partition coefficient (Wildman–Crippen LogP) is 5.91. The topological polar surface area (TPSA) is 32.3 Å². The Morgan fingerprint density at radius 3 is 2.31 bits per heavy atom. The zero-order valence-electron chi connectivity index (χ0n) is 18.7. The number of rotatable bonds is 7. The van der Waals surface area contributed by atoms with Crippen molar-refractivity contribution in [2.75, 3.05) is 18.4 Å². The van der Waals surface area contributed by atoms with Crippen molar-refractivity contribution in [1.29, 1.82) is 0 Å². The fourth-order valence-corrected chi connectivity index (χ4v) is 4.05. The Balaban J connectivity index is 1.87. The third kappa shape index (κ3) is 5.36. The summed E-state index contributed by atoms with van der Waals surface area (Å²) in [6.45, 7) is 16.3. The lowest BCUT2D eigenvalue weighted by atomic mass is 9.99. The van der Waals surface area contributed by atoms with Gasteiger partial charge in [-0.05, 0) is 54.5 Å². The van der Waals surface area contributed by atoms with Crippen molar-refractivity contribution in [1.82, 2.24) is 4.90 Å². The summed E-state index contributed by atoms with van der Waals surface area (Å²) in [5.41, 5.74) is 7.41. The number of anilines is 1. The Hall–Kier alpha value is -2.39. The van der Waals surface area contributed by atoms with E-state index in [1.54, 1.807) is 0 Å². The van der Waals surface area contributed by atoms with Crippen molar-refractivity contribution in [3.05, 3.63) is 64.2 Å². The van der Waals surface area contributed by atoms with E-state index in [1.165, 1.54) is 16.7 Å². The van der Waals surface area contributed by atoms with Crippen molar-refractivity contribution in [2.45, 2.75) is 48.1 Å². The quantitative estimate of drug-likeness (QED) is 0.596. The average Bonchev–Trinajstić information content (AvgIpc) is 2.91. The van der Waals surface area contributed by atoms with Crippen LogP contribution in [0.4, 0.5) is 5.69 Å². The summed E-state index contributed by atoms with van der Waals surface area (Å²) >= 11 is 0. The van der Waals surface area contributed by atoms with E-state index in [-0.39, 0.29) is 5.91 Å². The van der Waals surface area contributed by atoms with Gasteiger partial charge in [0.1, 0.15) is 0 Å². The first-order valence-corrected chi connectivity index (χ1v) is 10.7. The average molecular weight is 391 g/mol. The lowest BCUT2D eigenvalue weighted by Gasteiger charge is -2.26. The number of nitrogens with zero attached hydrogens (tertiary/aromatic N) is 1. The van der Waals surface area contributed by atoms with Crippen LogP contribution in [0.25, 0.3) is 11.6 Å². The number of nitrogens with one attached hydrogen (secondary N) is 1. The van der Waals surface area contributed by atoms with Gasteiger partial charge in [0.2, 0.25) is 0 Å². The van der Waals surface area contributed by atoms with Crippen molar-refractivity contribution >= 4 is 23.2 Å². The second-order valence-electron chi connectivity index (χ2n) is 9.23. The molecule has 29 heavy (non-hydrogen) atoms. The largest absolute Gasteiger partial charge is 0.321 e. The molecule has 1 heterocycles. The third-order valence-electron chi connectivity index (χ3n) is 5.25. The maximum absolute atomic E-state index is 12.7. The lowest BCUT2D eigenvalue weighted by Crippen LogP contribution is -2.30. The predicted molar refractivity (Wildman–Crippen MR) is 124 cm³/mol. The number of hydrogen-bond donors (Lipinski definition) is 1. The van der Waals surface area contributed by atoms with E-state index in [0.29, 0.717) is 11.8 Å². The molecule has 154 valence electrons. The molecule has 0 saturated carbocycles. The Labute approximate surface area is 175 Å². The summed E-state index contributed by atoms with van der Waals surface area (Å²) in [4.78, 5) is 15.2. The Bertz CT molecular complexity index is 914. The van der Waals surface area contributed by atoms with Crippen LogP contribution >= 0.6 is 0 Å². The molecule has 0 saturated heterocycles. The lowest BCUT2D eigenvalue weighted by molar-refractivity contribution is -0.110. The minimum absolute atomic E-state index is 0.0146. The smallest absolute Gasteiger partial charge is 0.256 e. The number of amides is 1. The molecule has 1 aliphatic rings. The van der Waals surface area contributed by atoms with Crippen molar-refractivity contribution in [3.8, 4) is 0 Å². The van der Waals surface area contributed by atoms with E-state index >= 15 is 0 Å². The molecule has 3 heteroatoms. The summed E-state index contributed by atoms with van der Waals surface area (Å²) < 4.78 is 0. The molecule has 1 aliphatic heterocycles. The molecule has 0 bridgehead atoms. The van der Waals surface area contributed by atoms with Crippen molar-refractivity contribution < 1.29 is 4.79 Å². The van der Waals surface area contributed by atoms with E-state index < -0.39 is 0 Å². The van der Waals surface area contributed by atoms with Crippen LogP contribution in [0, 0.1) is 25.7 Å². The monoisotopic (exact) mass is 390 g/mol. The molecule has 3 nitrogen and oxygen atoms in total. The van der Waals surface area contributed by atoms with Crippen LogP contribution in [0.1, 0.15) is 55.5 Å². The maximum Gasteiger partial charge on any atom is 0.256 e. The molecule has 0 spiro atoms. The van der Waals surface area contributed by atoms with Crippen LogP contribution in [0.2, 0.25) is 0 Å². The molecule has 3 rings (SSSR count). The number of hydrogen-bond acceptors (Lipinski definition) is 2. The summed E-state index contributed by atoms with van der Waals surface area (Å²) in [6.07, 6.45) is 2.02. The highest BCUT2D eigenvalue weighted by Gasteiger charge is 2.24. The normalized spacial score (nSPS) is 14.9. The van der Waals surface area contributed by atoms with Crippen LogP contribution in [0.5, 0.6) is 0 Å². The zero-order valence-corrected chi connectivity index (χ0v) is 18.7. The second-order valence-corrected chi connectivity index (χ2v) is 9.23. The van der Waals surface area contributed by atoms with Crippen LogP contribution in [0.3, 0.4) is 0 Å². The van der Waals surface area contributed by atoms with Gasteiger partial charge in [0.15, 0.2) is 0 Å². The molecule has 1 N–H and O–H groups in total. The van der Waals surface area contributed by atoms with Gasteiger partial charge in [-0.2, -0.15) is 0 Å². The number of benzene rings is 2. The molecule has 1 amide bonds. The van der Waals surface area contributed by atoms with Gasteiger partial charge < -0.3 is 5.32 Å². The molecular formula is C26H34N2O. The molecule has 0 unspecified atom stereocenters. The molecule has 2 aromatic rings. The summed E-state index contributed by atoms with van der Waals surface area (Å²) in [6, 6.07) is 12.8. The van der Waals surface area contributed by atoms with Gasteiger partial charge >= 0.3 is 0 Å². The molecule has 2 aromatic carbocycles. The first kappa shape index (κ1) is 21.3. The van der Waals surface area contributed by atoms with Gasteiger partial charge in [0.25, 0.3) is 5.91 Å². The zero-order chi connectivity index (χ0) is 21.1. The summed E-state index contributed by atoms with van der Waals surface area (Å²) in [5, 5.41) is 3.07. The van der Waals surface area contributed by atoms with Gasteiger partial charge in [-0.25, -0.2) is 0 Å². The van der Waals surface area contributed by atoms with Crippen molar-refractivity contribution in [3.63, 3.8) is 0 Å². The highest BCUT2D eigenvalue weighted by Crippen LogP contribution is 2.34. The Morgan fingerprint density at radius 1 is 0.966 bits per heavy atom. The number of carbonyl (C=O) groups is 1. The van der Waals surface area contributed by atoms with Crippen molar-refractivity contribution in [2.24, 2.45) is 11.8 Å². The second kappa shape index (κ2) is 8.96. The Morgan fingerprint density at radius 2 is 1.66 bits per heavy atom. The molecule has 0 atom stereocenters. The van der Waals surface area contributed by atoms with Crippen LogP contribution in [0.15, 0.2) is 36.4 Å². The maximum atomic E-state index is 12.7. The summed E-state index contributed by atoms with van der Waals surface area (Å²) in [7, 11) is 0. The van der Waals surface area contributed by atoms with Crippen LogP contribution in [-0.4, -0.2) is 23.9 Å². The SMILES string of the molecule is Cc1ccc(C)c(C=C2C(=O)Nc3cc(CN(CC(C)C)CC(C)C)ccc32)c1. The van der Waals surface area contributed by atoms with E-state index in [2.05, 4.69) is 88.2 Å². The van der Waals surface area contributed by atoms with Gasteiger partial charge in [0, 0.05) is 36.5 Å². The highest BCUT2D eigenvalue weighted by molar-refractivity contribution is 6.35. The third-order valence-corrected chi connectivity index (χ3v) is 5.25. The van der Waals surface area contributed by atoms with Gasteiger partial charge in [-0.15, -0.1) is 0 Å². The molecular weight excluding hydrogens is 356 g/mol. The van der Waals surface area contributed by atoms with Gasteiger partial charge in [0.05, 0.1) is 0 Å². The standard InChI is InChI=1S/C26H34N2O/c1-17(2)14-28(15-18(3)4)16-21-9-10-23-24(26(29)27-25(23)12-21)13-22-11-19(5)7-8-20(22)6/h7-13,17-18H,14-16H2,1-6H3,(H,27,29). The Kier molecular flexibility index (Phi) is 6.59. The number of fused-ring (bicyclic) bond motifs is 1. The fourth-order valence-electron chi connectivity index (χ4n) is 4.05. The number of carbonyl (C=O) groups excluding carboxylic acids is 1. The molecule has 0 aliphatic carbocycles. The van der Waals surface area contributed by atoms with Crippen LogP contribution in [-0.2, 0) is 11.3 Å².